The number of aromatic nitrogens is 3. The third-order valence-electron chi connectivity index (χ3n) is 3.88. The van der Waals surface area contributed by atoms with E-state index in [2.05, 4.69) is 10.2 Å². The van der Waals surface area contributed by atoms with Crippen LogP contribution >= 0.6 is 11.3 Å². The summed E-state index contributed by atoms with van der Waals surface area (Å²) in [5.41, 5.74) is 9.77. The molecule has 0 aliphatic heterocycles. The van der Waals surface area contributed by atoms with Gasteiger partial charge in [0.1, 0.15) is 5.82 Å². The second-order valence-corrected chi connectivity index (χ2v) is 6.24. The fraction of sp³-hybridized carbons (Fsp3) is 0.267. The van der Waals surface area contributed by atoms with E-state index in [-0.39, 0.29) is 5.82 Å². The number of anilines is 1. The predicted octanol–water partition coefficient (Wildman–Crippen LogP) is 3.35. The van der Waals surface area contributed by atoms with Crippen LogP contribution in [0.3, 0.4) is 0 Å². The van der Waals surface area contributed by atoms with Gasteiger partial charge < -0.3 is 5.73 Å². The van der Waals surface area contributed by atoms with Crippen LogP contribution in [0.15, 0.2) is 18.2 Å². The van der Waals surface area contributed by atoms with Crippen molar-refractivity contribution in [3.8, 4) is 10.6 Å². The molecule has 0 radical (unpaired) electrons. The minimum Gasteiger partial charge on any atom is -0.374 e. The first-order valence-electron chi connectivity index (χ1n) is 6.93. The summed E-state index contributed by atoms with van der Waals surface area (Å²) in [4.78, 5) is 4.71. The number of nitrogens with zero attached hydrogens (tertiary/aromatic N) is 3. The van der Waals surface area contributed by atoms with Crippen LogP contribution in [0.4, 0.5) is 9.52 Å². The summed E-state index contributed by atoms with van der Waals surface area (Å²) in [5.74, 6) is -0.265. The average molecular weight is 300 g/mol. The SMILES string of the molecule is Nc1nnc(-c2c3c(nc4ccc(F)cc24)CCCC3)s1. The predicted molar refractivity (Wildman–Crippen MR) is 81.7 cm³/mol. The lowest BCUT2D eigenvalue weighted by molar-refractivity contribution is 0.629. The van der Waals surface area contributed by atoms with Gasteiger partial charge in [-0.25, -0.2) is 4.39 Å². The molecule has 4 rings (SSSR count). The summed E-state index contributed by atoms with van der Waals surface area (Å²) in [6.45, 7) is 0. The van der Waals surface area contributed by atoms with Crippen LogP contribution in [0.2, 0.25) is 0 Å². The lowest BCUT2D eigenvalue weighted by Gasteiger charge is -2.19. The van der Waals surface area contributed by atoms with E-state index in [1.165, 1.54) is 29.0 Å². The first-order valence-corrected chi connectivity index (χ1v) is 7.74. The quantitative estimate of drug-likeness (QED) is 0.748. The Morgan fingerprint density at radius 2 is 2.00 bits per heavy atom. The van der Waals surface area contributed by atoms with Gasteiger partial charge in [-0.1, -0.05) is 11.3 Å². The highest BCUT2D eigenvalue weighted by Crippen LogP contribution is 2.38. The van der Waals surface area contributed by atoms with Crippen LogP contribution in [0.25, 0.3) is 21.5 Å². The van der Waals surface area contributed by atoms with Gasteiger partial charge in [0.2, 0.25) is 5.13 Å². The molecule has 106 valence electrons. The van der Waals surface area contributed by atoms with E-state index in [9.17, 15) is 4.39 Å². The zero-order valence-electron chi connectivity index (χ0n) is 11.3. The van der Waals surface area contributed by atoms with Crippen LogP contribution in [-0.2, 0) is 12.8 Å². The van der Waals surface area contributed by atoms with Gasteiger partial charge in [0.05, 0.1) is 5.52 Å². The molecule has 2 aromatic heterocycles. The van der Waals surface area contributed by atoms with E-state index in [0.29, 0.717) is 5.13 Å². The molecule has 0 fully saturated rings. The third kappa shape index (κ3) is 2.06. The van der Waals surface area contributed by atoms with Crippen LogP contribution in [0.1, 0.15) is 24.1 Å². The molecule has 2 heterocycles. The molecule has 1 aromatic carbocycles. The maximum Gasteiger partial charge on any atom is 0.203 e. The minimum absolute atomic E-state index is 0.265. The maximum atomic E-state index is 13.7. The van der Waals surface area contributed by atoms with Gasteiger partial charge in [0, 0.05) is 16.6 Å². The Bertz CT molecular complexity index is 843. The molecule has 0 unspecified atom stereocenters. The zero-order valence-corrected chi connectivity index (χ0v) is 12.1. The molecule has 1 aliphatic carbocycles. The molecule has 0 saturated heterocycles. The lowest BCUT2D eigenvalue weighted by Crippen LogP contribution is -2.08. The van der Waals surface area contributed by atoms with E-state index in [0.717, 1.165) is 52.9 Å². The number of rotatable bonds is 1. The van der Waals surface area contributed by atoms with Gasteiger partial charge in [-0.2, -0.15) is 0 Å². The number of nitrogen functional groups attached to an aromatic ring is 1. The Labute approximate surface area is 124 Å². The fourth-order valence-electron chi connectivity index (χ4n) is 2.98. The molecular weight excluding hydrogens is 287 g/mol. The number of nitrogens with two attached hydrogens (primary N) is 1. The third-order valence-corrected chi connectivity index (χ3v) is 4.65. The number of pyridine rings is 1. The summed E-state index contributed by atoms with van der Waals surface area (Å²) in [6.07, 6.45) is 4.18. The maximum absolute atomic E-state index is 13.7. The van der Waals surface area contributed by atoms with Gasteiger partial charge >= 0.3 is 0 Å². The molecule has 4 nitrogen and oxygen atoms in total. The summed E-state index contributed by atoms with van der Waals surface area (Å²) in [5, 5.41) is 10.0. The van der Waals surface area contributed by atoms with Gasteiger partial charge in [0.25, 0.3) is 0 Å². The zero-order chi connectivity index (χ0) is 14.4. The van der Waals surface area contributed by atoms with Crippen molar-refractivity contribution in [2.45, 2.75) is 25.7 Å². The Morgan fingerprint density at radius 1 is 1.14 bits per heavy atom. The fourth-order valence-corrected chi connectivity index (χ4v) is 3.67. The molecular formula is C15H13FN4S. The summed E-state index contributed by atoms with van der Waals surface area (Å²) in [7, 11) is 0. The van der Waals surface area contributed by atoms with Crippen LogP contribution in [0, 0.1) is 5.82 Å². The van der Waals surface area contributed by atoms with Crippen LogP contribution in [-0.4, -0.2) is 15.2 Å². The first-order chi connectivity index (χ1) is 10.2. The van der Waals surface area contributed by atoms with Crippen molar-refractivity contribution in [3.63, 3.8) is 0 Å². The van der Waals surface area contributed by atoms with E-state index >= 15 is 0 Å². The summed E-state index contributed by atoms with van der Waals surface area (Å²) < 4.78 is 13.7. The van der Waals surface area contributed by atoms with E-state index in [1.807, 2.05) is 0 Å². The molecule has 3 aromatic rings. The van der Waals surface area contributed by atoms with Crippen molar-refractivity contribution in [1.29, 1.82) is 0 Å². The monoisotopic (exact) mass is 300 g/mol. The topological polar surface area (TPSA) is 64.7 Å². The van der Waals surface area contributed by atoms with Crippen molar-refractivity contribution in [2.75, 3.05) is 5.73 Å². The van der Waals surface area contributed by atoms with E-state index in [4.69, 9.17) is 10.7 Å². The highest BCUT2D eigenvalue weighted by Gasteiger charge is 2.21. The van der Waals surface area contributed by atoms with Crippen molar-refractivity contribution < 1.29 is 4.39 Å². The normalized spacial score (nSPS) is 14.3. The van der Waals surface area contributed by atoms with E-state index < -0.39 is 0 Å². The van der Waals surface area contributed by atoms with Crippen molar-refractivity contribution in [2.24, 2.45) is 0 Å². The molecule has 2 N–H and O–H groups in total. The molecule has 0 atom stereocenters. The van der Waals surface area contributed by atoms with Gasteiger partial charge in [-0.05, 0) is 49.4 Å². The Kier molecular flexibility index (Phi) is 2.85. The van der Waals surface area contributed by atoms with Crippen molar-refractivity contribution in [3.05, 3.63) is 35.3 Å². The number of hydrogen-bond acceptors (Lipinski definition) is 5. The minimum atomic E-state index is -0.265. The standard InChI is InChI=1S/C15H13FN4S/c16-8-5-6-12-10(7-8)13(14-19-20-15(17)21-14)9-3-1-2-4-11(9)18-12/h5-7H,1-4H2,(H2,17,20). The van der Waals surface area contributed by atoms with Crippen LogP contribution in [0.5, 0.6) is 0 Å². The second kappa shape index (κ2) is 4.73. The Hall–Kier alpha value is -2.08. The number of hydrogen-bond donors (Lipinski definition) is 1. The highest BCUT2D eigenvalue weighted by molar-refractivity contribution is 7.18. The first kappa shape index (κ1) is 12.6. The van der Waals surface area contributed by atoms with Gasteiger partial charge in [-0.3, -0.25) is 4.98 Å². The smallest absolute Gasteiger partial charge is 0.203 e. The largest absolute Gasteiger partial charge is 0.374 e. The Morgan fingerprint density at radius 3 is 2.81 bits per heavy atom. The highest BCUT2D eigenvalue weighted by atomic mass is 32.1. The van der Waals surface area contributed by atoms with Crippen molar-refractivity contribution >= 4 is 27.4 Å². The second-order valence-electron chi connectivity index (χ2n) is 5.23. The molecule has 6 heteroatoms. The molecule has 0 bridgehead atoms. The van der Waals surface area contributed by atoms with Crippen LogP contribution < -0.4 is 5.73 Å². The summed E-state index contributed by atoms with van der Waals surface area (Å²) >= 11 is 1.34. The van der Waals surface area contributed by atoms with E-state index in [1.54, 1.807) is 6.07 Å². The molecule has 0 spiro atoms. The molecule has 1 aliphatic rings. The number of benzene rings is 1. The number of halogens is 1. The van der Waals surface area contributed by atoms with Crippen molar-refractivity contribution in [1.82, 2.24) is 15.2 Å². The molecule has 21 heavy (non-hydrogen) atoms. The Balaban J connectivity index is 2.11. The average Bonchev–Trinajstić information content (AvgIpc) is 2.91. The molecule has 0 saturated carbocycles. The number of fused-ring (bicyclic) bond motifs is 2. The number of aryl methyl sites for hydroxylation is 1. The van der Waals surface area contributed by atoms with Gasteiger partial charge in [0.15, 0.2) is 5.01 Å². The molecule has 0 amide bonds. The summed E-state index contributed by atoms with van der Waals surface area (Å²) in [6, 6.07) is 4.71. The van der Waals surface area contributed by atoms with Gasteiger partial charge in [-0.15, -0.1) is 10.2 Å². The lowest BCUT2D eigenvalue weighted by atomic mass is 9.90.